The molecule has 1 unspecified atom stereocenters. The third-order valence-electron chi connectivity index (χ3n) is 2.28. The summed E-state index contributed by atoms with van der Waals surface area (Å²) in [5.74, 6) is 0.401. The number of halogens is 1. The van der Waals surface area contributed by atoms with E-state index < -0.39 is 0 Å². The van der Waals surface area contributed by atoms with E-state index in [1.807, 2.05) is 25.3 Å². The lowest BCUT2D eigenvalue weighted by molar-refractivity contribution is -0.121. The third-order valence-corrected chi connectivity index (χ3v) is 4.20. The van der Waals surface area contributed by atoms with E-state index >= 15 is 0 Å². The minimum absolute atomic E-state index is 0.0962. The van der Waals surface area contributed by atoms with Crippen molar-refractivity contribution in [2.24, 2.45) is 5.92 Å². The zero-order chi connectivity index (χ0) is 11.3. The van der Waals surface area contributed by atoms with Crippen LogP contribution in [0.25, 0.3) is 0 Å². The highest BCUT2D eigenvalue weighted by Gasteiger charge is 2.14. The molecule has 0 amide bonds. The molecule has 84 valence electrons. The molecule has 0 saturated carbocycles. The summed E-state index contributed by atoms with van der Waals surface area (Å²) in [7, 11) is 0. The number of carbonyl (C=O) groups is 1. The monoisotopic (exact) mass is 289 g/mol. The molecule has 0 spiro atoms. The molecule has 0 aliphatic heterocycles. The minimum atomic E-state index is 0.0962. The first-order chi connectivity index (χ1) is 7.15. The van der Waals surface area contributed by atoms with Gasteiger partial charge in [0.2, 0.25) is 0 Å². The van der Waals surface area contributed by atoms with Gasteiger partial charge in [-0.2, -0.15) is 0 Å². The van der Waals surface area contributed by atoms with Gasteiger partial charge in [-0.25, -0.2) is 0 Å². The minimum Gasteiger partial charge on any atom is -0.316 e. The molecule has 1 aromatic heterocycles. The molecule has 1 N–H and O–H groups in total. The van der Waals surface area contributed by atoms with E-state index in [-0.39, 0.29) is 5.92 Å². The van der Waals surface area contributed by atoms with Crippen LogP contribution in [0.4, 0.5) is 0 Å². The molecule has 1 aromatic rings. The fourth-order valence-corrected chi connectivity index (χ4v) is 2.76. The van der Waals surface area contributed by atoms with Crippen molar-refractivity contribution in [2.45, 2.75) is 20.3 Å². The Labute approximate surface area is 103 Å². The SMILES string of the molecule is CCNCC(C)C(=O)Cc1sccc1Br. The number of rotatable bonds is 6. The molecule has 4 heteroatoms. The number of hydrogen-bond acceptors (Lipinski definition) is 3. The van der Waals surface area contributed by atoms with Crippen LogP contribution in [0.5, 0.6) is 0 Å². The maximum absolute atomic E-state index is 11.8. The molecular formula is C11H16BrNOS. The van der Waals surface area contributed by atoms with Gasteiger partial charge in [0, 0.05) is 28.2 Å². The van der Waals surface area contributed by atoms with Crippen molar-refractivity contribution >= 4 is 33.0 Å². The zero-order valence-corrected chi connectivity index (χ0v) is 11.5. The second-order valence-corrected chi connectivity index (χ2v) is 5.40. The fourth-order valence-electron chi connectivity index (χ4n) is 1.26. The van der Waals surface area contributed by atoms with Crippen molar-refractivity contribution in [3.63, 3.8) is 0 Å². The zero-order valence-electron chi connectivity index (χ0n) is 9.05. The van der Waals surface area contributed by atoms with Crippen molar-refractivity contribution in [1.82, 2.24) is 5.32 Å². The Hall–Kier alpha value is -0.190. The number of hydrogen-bond donors (Lipinski definition) is 1. The summed E-state index contributed by atoms with van der Waals surface area (Å²) >= 11 is 5.07. The lowest BCUT2D eigenvalue weighted by Gasteiger charge is -2.09. The molecule has 0 aromatic carbocycles. The van der Waals surface area contributed by atoms with E-state index in [4.69, 9.17) is 0 Å². The number of ketones is 1. The van der Waals surface area contributed by atoms with Gasteiger partial charge in [-0.05, 0) is 33.9 Å². The van der Waals surface area contributed by atoms with Crippen LogP contribution < -0.4 is 5.32 Å². The molecule has 1 rings (SSSR count). The Morgan fingerprint density at radius 1 is 1.67 bits per heavy atom. The summed E-state index contributed by atoms with van der Waals surface area (Å²) in [5.41, 5.74) is 0. The van der Waals surface area contributed by atoms with E-state index in [2.05, 4.69) is 21.2 Å². The number of nitrogens with one attached hydrogen (secondary N) is 1. The van der Waals surface area contributed by atoms with Gasteiger partial charge in [-0.1, -0.05) is 13.8 Å². The number of Topliss-reactive ketones (excluding diaryl/α,β-unsaturated/α-hetero) is 1. The summed E-state index contributed by atoms with van der Waals surface area (Å²) in [6.45, 7) is 5.72. The Morgan fingerprint density at radius 2 is 2.40 bits per heavy atom. The second-order valence-electron chi connectivity index (χ2n) is 3.54. The van der Waals surface area contributed by atoms with Gasteiger partial charge in [0.05, 0.1) is 0 Å². The van der Waals surface area contributed by atoms with Crippen LogP contribution in [0.2, 0.25) is 0 Å². The topological polar surface area (TPSA) is 29.1 Å². The van der Waals surface area contributed by atoms with Crippen LogP contribution in [0, 0.1) is 5.92 Å². The molecule has 2 nitrogen and oxygen atoms in total. The molecule has 0 fully saturated rings. The first-order valence-corrected chi connectivity index (χ1v) is 6.77. The number of carbonyl (C=O) groups excluding carboxylic acids is 1. The van der Waals surface area contributed by atoms with Gasteiger partial charge in [-0.15, -0.1) is 11.3 Å². The molecule has 1 heterocycles. The Bertz CT molecular complexity index is 324. The summed E-state index contributed by atoms with van der Waals surface area (Å²) < 4.78 is 1.05. The van der Waals surface area contributed by atoms with Crippen molar-refractivity contribution in [2.75, 3.05) is 13.1 Å². The summed E-state index contributed by atoms with van der Waals surface area (Å²) in [6.07, 6.45) is 0.546. The van der Waals surface area contributed by atoms with Gasteiger partial charge in [0.1, 0.15) is 5.78 Å². The summed E-state index contributed by atoms with van der Waals surface area (Å²) in [5, 5.41) is 5.20. The van der Waals surface area contributed by atoms with Crippen LogP contribution in [0.1, 0.15) is 18.7 Å². The predicted octanol–water partition coefficient (Wildman–Crippen LogP) is 2.87. The largest absolute Gasteiger partial charge is 0.316 e. The van der Waals surface area contributed by atoms with Crippen LogP contribution in [-0.4, -0.2) is 18.9 Å². The fraction of sp³-hybridized carbons (Fsp3) is 0.545. The maximum atomic E-state index is 11.8. The maximum Gasteiger partial charge on any atom is 0.142 e. The van der Waals surface area contributed by atoms with Gasteiger partial charge in [0.25, 0.3) is 0 Å². The van der Waals surface area contributed by atoms with Crippen molar-refractivity contribution in [3.8, 4) is 0 Å². The van der Waals surface area contributed by atoms with E-state index in [0.717, 1.165) is 22.4 Å². The van der Waals surface area contributed by atoms with Gasteiger partial charge >= 0.3 is 0 Å². The summed E-state index contributed by atoms with van der Waals surface area (Å²) in [4.78, 5) is 12.9. The van der Waals surface area contributed by atoms with E-state index in [1.54, 1.807) is 11.3 Å². The standard InChI is InChI=1S/C11H16BrNOS/c1-3-13-7-8(2)10(14)6-11-9(12)4-5-15-11/h4-5,8,13H,3,6-7H2,1-2H3. The van der Waals surface area contributed by atoms with Crippen molar-refractivity contribution in [3.05, 3.63) is 20.8 Å². The highest BCUT2D eigenvalue weighted by Crippen LogP contribution is 2.23. The van der Waals surface area contributed by atoms with Crippen LogP contribution in [0.3, 0.4) is 0 Å². The van der Waals surface area contributed by atoms with Gasteiger partial charge in [-0.3, -0.25) is 4.79 Å². The Balaban J connectivity index is 2.45. The lowest BCUT2D eigenvalue weighted by atomic mass is 10.0. The first kappa shape index (κ1) is 12.9. The second kappa shape index (κ2) is 6.40. The molecule has 0 saturated heterocycles. The lowest BCUT2D eigenvalue weighted by Crippen LogP contribution is -2.27. The van der Waals surface area contributed by atoms with Crippen LogP contribution in [0.15, 0.2) is 15.9 Å². The van der Waals surface area contributed by atoms with Crippen molar-refractivity contribution in [1.29, 1.82) is 0 Å². The smallest absolute Gasteiger partial charge is 0.142 e. The Morgan fingerprint density at radius 3 is 2.93 bits per heavy atom. The van der Waals surface area contributed by atoms with E-state index in [1.165, 1.54) is 0 Å². The molecule has 15 heavy (non-hydrogen) atoms. The third kappa shape index (κ3) is 4.05. The van der Waals surface area contributed by atoms with Gasteiger partial charge in [0.15, 0.2) is 0 Å². The Kier molecular flexibility index (Phi) is 5.50. The quantitative estimate of drug-likeness (QED) is 0.873. The highest BCUT2D eigenvalue weighted by molar-refractivity contribution is 9.10. The van der Waals surface area contributed by atoms with E-state index in [0.29, 0.717) is 12.2 Å². The predicted molar refractivity (Wildman–Crippen MR) is 68.4 cm³/mol. The molecule has 0 radical (unpaired) electrons. The van der Waals surface area contributed by atoms with Crippen LogP contribution in [-0.2, 0) is 11.2 Å². The molecule has 0 bridgehead atoms. The van der Waals surface area contributed by atoms with Gasteiger partial charge < -0.3 is 5.32 Å². The molecule has 0 aliphatic rings. The first-order valence-electron chi connectivity index (χ1n) is 5.10. The van der Waals surface area contributed by atoms with E-state index in [9.17, 15) is 4.79 Å². The summed E-state index contributed by atoms with van der Waals surface area (Å²) in [6, 6.07) is 1.99. The average molecular weight is 290 g/mol. The van der Waals surface area contributed by atoms with Crippen molar-refractivity contribution < 1.29 is 4.79 Å². The molecule has 1 atom stereocenters. The highest BCUT2D eigenvalue weighted by atomic mass is 79.9. The number of thiophene rings is 1. The average Bonchev–Trinajstić information content (AvgIpc) is 2.61. The normalized spacial score (nSPS) is 12.7. The molecule has 0 aliphatic carbocycles. The molecular weight excluding hydrogens is 274 g/mol. The van der Waals surface area contributed by atoms with Crippen LogP contribution >= 0.6 is 27.3 Å².